The molecule has 0 bridgehead atoms. The summed E-state index contributed by atoms with van der Waals surface area (Å²) in [7, 11) is 1.97. The number of nitrogens with two attached hydrogens (primary N) is 1. The lowest BCUT2D eigenvalue weighted by Crippen LogP contribution is -2.18. The van der Waals surface area contributed by atoms with Crippen molar-refractivity contribution in [3.63, 3.8) is 0 Å². The van der Waals surface area contributed by atoms with Crippen molar-refractivity contribution in [3.8, 4) is 0 Å². The van der Waals surface area contributed by atoms with Crippen LogP contribution in [0.15, 0.2) is 18.6 Å². The fourth-order valence-electron chi connectivity index (χ4n) is 2.54. The molecule has 0 fully saturated rings. The Balaban J connectivity index is 1.92. The van der Waals surface area contributed by atoms with E-state index in [1.54, 1.807) is 6.33 Å². The fourth-order valence-corrected chi connectivity index (χ4v) is 2.54. The molecular weight excluding hydrogens is 214 g/mol. The van der Waals surface area contributed by atoms with Gasteiger partial charge in [0.2, 0.25) is 0 Å². The van der Waals surface area contributed by atoms with Crippen molar-refractivity contribution in [3.05, 3.63) is 35.7 Å². The van der Waals surface area contributed by atoms with Crippen molar-refractivity contribution in [2.75, 3.05) is 0 Å². The van der Waals surface area contributed by atoms with Gasteiger partial charge in [-0.05, 0) is 30.9 Å². The van der Waals surface area contributed by atoms with Crippen LogP contribution in [0, 0.1) is 0 Å². The third-order valence-electron chi connectivity index (χ3n) is 3.56. The van der Waals surface area contributed by atoms with E-state index in [-0.39, 0.29) is 6.04 Å². The molecule has 0 radical (unpaired) electrons. The lowest BCUT2D eigenvalue weighted by atomic mass is 9.94. The van der Waals surface area contributed by atoms with Crippen molar-refractivity contribution in [2.45, 2.75) is 31.8 Å². The zero-order valence-electron chi connectivity index (χ0n) is 10.0. The summed E-state index contributed by atoms with van der Waals surface area (Å²) < 4.78 is 4.20. The molecule has 90 valence electrons. The van der Waals surface area contributed by atoms with Gasteiger partial charge in [-0.3, -0.25) is 0 Å². The first-order chi connectivity index (χ1) is 8.25. The lowest BCUT2D eigenvalue weighted by Gasteiger charge is -2.20. The molecule has 0 spiro atoms. The first-order valence-electron chi connectivity index (χ1n) is 6.02. The van der Waals surface area contributed by atoms with Gasteiger partial charge in [0, 0.05) is 25.0 Å². The van der Waals surface area contributed by atoms with Crippen LogP contribution in [0.25, 0.3) is 0 Å². The minimum absolute atomic E-state index is 0.208. The molecule has 0 aromatic carbocycles. The molecule has 2 N–H and O–H groups in total. The normalized spacial score (nSPS) is 19.3. The van der Waals surface area contributed by atoms with Gasteiger partial charge >= 0.3 is 0 Å². The van der Waals surface area contributed by atoms with Crippen molar-refractivity contribution >= 4 is 0 Å². The topological polar surface area (TPSA) is 61.7 Å². The summed E-state index contributed by atoms with van der Waals surface area (Å²) in [5, 5.41) is 8.02. The Bertz CT molecular complexity index is 525. The van der Waals surface area contributed by atoms with Crippen LogP contribution in [-0.4, -0.2) is 19.3 Å². The van der Waals surface area contributed by atoms with E-state index < -0.39 is 0 Å². The van der Waals surface area contributed by atoms with Gasteiger partial charge in [0.05, 0.1) is 6.54 Å². The highest BCUT2D eigenvalue weighted by atomic mass is 15.3. The van der Waals surface area contributed by atoms with Gasteiger partial charge in [0.1, 0.15) is 6.33 Å². The van der Waals surface area contributed by atoms with Crippen LogP contribution >= 0.6 is 0 Å². The van der Waals surface area contributed by atoms with Gasteiger partial charge in [-0.2, -0.15) is 0 Å². The predicted molar refractivity (Wildman–Crippen MR) is 64.4 cm³/mol. The standard InChI is InChI=1S/C12H17N5/c1-16-8-14-15-12(16)7-17-6-5-9-10(13)3-2-4-11(9)17/h5-6,8,10H,2-4,7,13H2,1H3. The Kier molecular flexibility index (Phi) is 2.48. The van der Waals surface area contributed by atoms with Crippen LogP contribution in [0.3, 0.4) is 0 Å². The van der Waals surface area contributed by atoms with Gasteiger partial charge in [0.15, 0.2) is 5.82 Å². The average Bonchev–Trinajstić information content (AvgIpc) is 2.89. The molecule has 1 atom stereocenters. The maximum atomic E-state index is 6.12. The second kappa shape index (κ2) is 4.00. The van der Waals surface area contributed by atoms with E-state index in [1.807, 2.05) is 11.6 Å². The predicted octanol–water partition coefficient (Wildman–Crippen LogP) is 1.00. The number of aromatic nitrogens is 4. The largest absolute Gasteiger partial charge is 0.344 e. The zero-order valence-corrected chi connectivity index (χ0v) is 10.0. The number of fused-ring (bicyclic) bond motifs is 1. The highest BCUT2D eigenvalue weighted by Crippen LogP contribution is 2.28. The number of aryl methyl sites for hydroxylation is 1. The maximum absolute atomic E-state index is 6.12. The molecule has 0 aliphatic heterocycles. The van der Waals surface area contributed by atoms with Gasteiger partial charge < -0.3 is 14.9 Å². The molecule has 3 rings (SSSR count). The minimum atomic E-state index is 0.208. The molecular formula is C12H17N5. The van der Waals surface area contributed by atoms with Gasteiger partial charge in [-0.1, -0.05) is 0 Å². The van der Waals surface area contributed by atoms with E-state index in [4.69, 9.17) is 5.73 Å². The summed E-state index contributed by atoms with van der Waals surface area (Å²) in [6, 6.07) is 2.36. The second-order valence-electron chi connectivity index (χ2n) is 4.70. The molecule has 5 nitrogen and oxygen atoms in total. The van der Waals surface area contributed by atoms with Gasteiger partial charge in [-0.15, -0.1) is 10.2 Å². The Hall–Kier alpha value is -1.62. The van der Waals surface area contributed by atoms with Crippen molar-refractivity contribution in [1.82, 2.24) is 19.3 Å². The summed E-state index contributed by atoms with van der Waals surface area (Å²) in [5.74, 6) is 0.975. The monoisotopic (exact) mass is 231 g/mol. The molecule has 2 aromatic rings. The highest BCUT2D eigenvalue weighted by molar-refractivity contribution is 5.28. The first-order valence-corrected chi connectivity index (χ1v) is 6.02. The van der Waals surface area contributed by atoms with E-state index >= 15 is 0 Å². The molecule has 0 amide bonds. The van der Waals surface area contributed by atoms with Crippen molar-refractivity contribution < 1.29 is 0 Å². The van der Waals surface area contributed by atoms with E-state index in [0.29, 0.717) is 0 Å². The third kappa shape index (κ3) is 1.76. The van der Waals surface area contributed by atoms with Crippen LogP contribution in [0.4, 0.5) is 0 Å². The smallest absolute Gasteiger partial charge is 0.152 e. The lowest BCUT2D eigenvalue weighted by molar-refractivity contribution is 0.543. The zero-order chi connectivity index (χ0) is 11.8. The molecule has 2 aromatic heterocycles. The molecule has 5 heteroatoms. The summed E-state index contributed by atoms with van der Waals surface area (Å²) in [4.78, 5) is 0. The van der Waals surface area contributed by atoms with E-state index in [2.05, 4.69) is 27.0 Å². The Labute approximate surface area is 100 Å². The summed E-state index contributed by atoms with van der Waals surface area (Å²) in [6.45, 7) is 0.776. The van der Waals surface area contributed by atoms with Crippen LogP contribution in [0.2, 0.25) is 0 Å². The number of hydrogen-bond acceptors (Lipinski definition) is 3. The van der Waals surface area contributed by atoms with E-state index in [1.165, 1.54) is 17.7 Å². The second-order valence-corrected chi connectivity index (χ2v) is 4.70. The first kappa shape index (κ1) is 10.5. The van der Waals surface area contributed by atoms with Gasteiger partial charge in [0.25, 0.3) is 0 Å². The summed E-state index contributed by atoms with van der Waals surface area (Å²) in [6.07, 6.45) is 7.24. The van der Waals surface area contributed by atoms with Crippen LogP contribution in [0.1, 0.15) is 36.0 Å². The van der Waals surface area contributed by atoms with Crippen LogP contribution < -0.4 is 5.73 Å². The Morgan fingerprint density at radius 1 is 1.53 bits per heavy atom. The molecule has 0 saturated carbocycles. The molecule has 1 aliphatic rings. The summed E-state index contributed by atoms with van der Waals surface area (Å²) in [5.41, 5.74) is 8.79. The van der Waals surface area contributed by atoms with Crippen molar-refractivity contribution in [1.29, 1.82) is 0 Å². The SMILES string of the molecule is Cn1cnnc1Cn1ccc2c1CCCC2N. The Morgan fingerprint density at radius 2 is 2.41 bits per heavy atom. The maximum Gasteiger partial charge on any atom is 0.152 e. The molecule has 1 aliphatic carbocycles. The van der Waals surface area contributed by atoms with Crippen molar-refractivity contribution in [2.24, 2.45) is 12.8 Å². The Morgan fingerprint density at radius 3 is 3.18 bits per heavy atom. The average molecular weight is 231 g/mol. The summed E-state index contributed by atoms with van der Waals surface area (Å²) >= 11 is 0. The molecule has 0 saturated heterocycles. The number of nitrogens with zero attached hydrogens (tertiary/aromatic N) is 4. The fraction of sp³-hybridized carbons (Fsp3) is 0.500. The quantitative estimate of drug-likeness (QED) is 0.838. The molecule has 2 heterocycles. The third-order valence-corrected chi connectivity index (χ3v) is 3.56. The molecule has 1 unspecified atom stereocenters. The van der Waals surface area contributed by atoms with E-state index in [0.717, 1.165) is 25.2 Å². The van der Waals surface area contributed by atoms with Gasteiger partial charge in [-0.25, -0.2) is 0 Å². The van der Waals surface area contributed by atoms with Crippen LogP contribution in [-0.2, 0) is 20.0 Å². The van der Waals surface area contributed by atoms with E-state index in [9.17, 15) is 0 Å². The highest BCUT2D eigenvalue weighted by Gasteiger charge is 2.20. The minimum Gasteiger partial charge on any atom is -0.344 e. The van der Waals surface area contributed by atoms with Crippen LogP contribution in [0.5, 0.6) is 0 Å². The number of rotatable bonds is 2. The number of hydrogen-bond donors (Lipinski definition) is 1. The molecule has 17 heavy (non-hydrogen) atoms.